The minimum absolute atomic E-state index is 0.0555. The largest absolute Gasteiger partial charge is 0.250 e. The van der Waals surface area contributed by atoms with Crippen LogP contribution in [0.2, 0.25) is 0 Å². The van der Waals surface area contributed by atoms with Gasteiger partial charge in [-0.05, 0) is 18.6 Å². The second-order valence-electron chi connectivity index (χ2n) is 4.70. The predicted octanol–water partition coefficient (Wildman–Crippen LogP) is 4.33. The number of rotatable bonds is 6. The molecular formula is C14H16Br3N3. The van der Waals surface area contributed by atoms with Gasteiger partial charge in [0.2, 0.25) is 0 Å². The average Bonchev–Trinajstić information content (AvgIpc) is 2.92. The van der Waals surface area contributed by atoms with E-state index >= 15 is 0 Å². The van der Waals surface area contributed by atoms with Crippen molar-refractivity contribution in [1.82, 2.24) is 14.8 Å². The maximum atomic E-state index is 4.42. The second-order valence-corrected chi connectivity index (χ2v) is 6.67. The van der Waals surface area contributed by atoms with Crippen molar-refractivity contribution in [2.45, 2.75) is 25.3 Å². The first kappa shape index (κ1) is 16.2. The predicted molar refractivity (Wildman–Crippen MR) is 92.8 cm³/mol. The number of halogens is 3. The van der Waals surface area contributed by atoms with Gasteiger partial charge in [0.15, 0.2) is 0 Å². The maximum absolute atomic E-state index is 4.42. The van der Waals surface area contributed by atoms with Crippen molar-refractivity contribution >= 4 is 47.8 Å². The lowest BCUT2D eigenvalue weighted by Crippen LogP contribution is -2.34. The zero-order valence-electron chi connectivity index (χ0n) is 11.2. The SMILES string of the molecule is CCn1ncnc1CC(CBr)(CBr)c1ccccc1Br. The van der Waals surface area contributed by atoms with Crippen LogP contribution in [0.15, 0.2) is 35.1 Å². The third-order valence-electron chi connectivity index (χ3n) is 3.45. The molecule has 0 aliphatic rings. The summed E-state index contributed by atoms with van der Waals surface area (Å²) in [5, 5.41) is 5.97. The van der Waals surface area contributed by atoms with Crippen LogP contribution in [0.1, 0.15) is 18.3 Å². The molecule has 2 aromatic rings. The van der Waals surface area contributed by atoms with Crippen LogP contribution in [0, 0.1) is 0 Å². The highest BCUT2D eigenvalue weighted by Crippen LogP contribution is 2.36. The topological polar surface area (TPSA) is 30.7 Å². The summed E-state index contributed by atoms with van der Waals surface area (Å²) in [6, 6.07) is 8.36. The molecule has 0 N–H and O–H groups in total. The van der Waals surface area contributed by atoms with Crippen LogP contribution < -0.4 is 0 Å². The molecule has 0 atom stereocenters. The highest BCUT2D eigenvalue weighted by Gasteiger charge is 2.33. The van der Waals surface area contributed by atoms with E-state index in [-0.39, 0.29) is 5.41 Å². The molecule has 0 saturated heterocycles. The molecular weight excluding hydrogens is 450 g/mol. The summed E-state index contributed by atoms with van der Waals surface area (Å²) >= 11 is 11.0. The molecule has 0 unspecified atom stereocenters. The Kier molecular flexibility index (Phi) is 5.81. The molecule has 0 amide bonds. The molecule has 0 aliphatic heterocycles. The molecule has 0 spiro atoms. The van der Waals surface area contributed by atoms with E-state index in [0.717, 1.165) is 33.9 Å². The van der Waals surface area contributed by atoms with Gasteiger partial charge in [-0.1, -0.05) is 66.0 Å². The molecule has 3 nitrogen and oxygen atoms in total. The number of alkyl halides is 2. The first-order valence-corrected chi connectivity index (χ1v) is 9.44. The fourth-order valence-electron chi connectivity index (χ4n) is 2.25. The molecule has 0 radical (unpaired) electrons. The van der Waals surface area contributed by atoms with E-state index < -0.39 is 0 Å². The molecule has 6 heteroatoms. The van der Waals surface area contributed by atoms with Gasteiger partial charge in [0.1, 0.15) is 12.2 Å². The molecule has 2 rings (SSSR count). The number of aryl methyl sites for hydroxylation is 1. The summed E-state index contributed by atoms with van der Waals surface area (Å²) in [5.74, 6) is 1.02. The van der Waals surface area contributed by atoms with Crippen molar-refractivity contribution in [3.63, 3.8) is 0 Å². The molecule has 0 bridgehead atoms. The standard InChI is InChI=1S/C14H16Br3N3/c1-2-20-13(18-10-19-20)7-14(8-15,9-16)11-5-3-4-6-12(11)17/h3-6,10H,2,7-9H2,1H3. The Bertz CT molecular complexity index is 564. The third-order valence-corrected chi connectivity index (χ3v) is 6.29. The monoisotopic (exact) mass is 463 g/mol. The Balaban J connectivity index is 2.43. The van der Waals surface area contributed by atoms with Gasteiger partial charge >= 0.3 is 0 Å². The number of benzene rings is 1. The number of hydrogen-bond donors (Lipinski definition) is 0. The first-order valence-electron chi connectivity index (χ1n) is 6.40. The normalized spacial score (nSPS) is 11.8. The molecule has 1 aromatic heterocycles. The van der Waals surface area contributed by atoms with Crippen LogP contribution >= 0.6 is 47.8 Å². The van der Waals surface area contributed by atoms with E-state index in [1.165, 1.54) is 5.56 Å². The molecule has 20 heavy (non-hydrogen) atoms. The summed E-state index contributed by atoms with van der Waals surface area (Å²) in [7, 11) is 0. The van der Waals surface area contributed by atoms with Gasteiger partial charge in [0.05, 0.1) is 0 Å². The smallest absolute Gasteiger partial charge is 0.138 e. The van der Waals surface area contributed by atoms with Crippen LogP contribution in [-0.2, 0) is 18.4 Å². The number of aromatic nitrogens is 3. The lowest BCUT2D eigenvalue weighted by atomic mass is 9.81. The third kappa shape index (κ3) is 3.17. The van der Waals surface area contributed by atoms with E-state index in [1.54, 1.807) is 6.33 Å². The minimum Gasteiger partial charge on any atom is -0.250 e. The molecule has 108 valence electrons. The number of nitrogens with zero attached hydrogens (tertiary/aromatic N) is 3. The molecule has 0 saturated carbocycles. The van der Waals surface area contributed by atoms with Crippen molar-refractivity contribution in [2.75, 3.05) is 10.7 Å². The Morgan fingerprint density at radius 1 is 1.20 bits per heavy atom. The van der Waals surface area contributed by atoms with Gasteiger partial charge in [-0.25, -0.2) is 4.98 Å². The Morgan fingerprint density at radius 3 is 2.50 bits per heavy atom. The zero-order chi connectivity index (χ0) is 14.6. The summed E-state index contributed by atoms with van der Waals surface area (Å²) in [5.41, 5.74) is 1.22. The highest BCUT2D eigenvalue weighted by molar-refractivity contribution is 9.10. The summed E-state index contributed by atoms with van der Waals surface area (Å²) in [6.45, 7) is 2.92. The molecule has 1 aromatic carbocycles. The first-order chi connectivity index (χ1) is 9.66. The second kappa shape index (κ2) is 7.18. The van der Waals surface area contributed by atoms with Crippen molar-refractivity contribution < 1.29 is 0 Å². The fourth-order valence-corrected chi connectivity index (χ4v) is 4.89. The average molecular weight is 466 g/mol. The van der Waals surface area contributed by atoms with Crippen LogP contribution in [0.3, 0.4) is 0 Å². The van der Waals surface area contributed by atoms with E-state index in [0.29, 0.717) is 0 Å². The Labute approximate surface area is 144 Å². The van der Waals surface area contributed by atoms with Crippen LogP contribution in [0.4, 0.5) is 0 Å². The van der Waals surface area contributed by atoms with Gasteiger partial charge in [-0.2, -0.15) is 5.10 Å². The Hall–Kier alpha value is -0.200. The van der Waals surface area contributed by atoms with Crippen LogP contribution in [0.25, 0.3) is 0 Å². The van der Waals surface area contributed by atoms with Crippen LogP contribution in [0.5, 0.6) is 0 Å². The van der Waals surface area contributed by atoms with E-state index in [1.807, 2.05) is 10.7 Å². The van der Waals surface area contributed by atoms with Gasteiger partial charge in [-0.15, -0.1) is 0 Å². The van der Waals surface area contributed by atoms with Gasteiger partial charge in [0.25, 0.3) is 0 Å². The number of hydrogen-bond acceptors (Lipinski definition) is 2. The summed E-state index contributed by atoms with van der Waals surface area (Å²) in [4.78, 5) is 4.42. The lowest BCUT2D eigenvalue weighted by molar-refractivity contribution is 0.499. The molecule has 0 fully saturated rings. The summed E-state index contributed by atoms with van der Waals surface area (Å²) < 4.78 is 3.08. The van der Waals surface area contributed by atoms with Crippen molar-refractivity contribution in [3.8, 4) is 0 Å². The van der Waals surface area contributed by atoms with Gasteiger partial charge < -0.3 is 0 Å². The molecule has 0 aliphatic carbocycles. The van der Waals surface area contributed by atoms with Crippen LogP contribution in [-0.4, -0.2) is 25.4 Å². The minimum atomic E-state index is -0.0555. The lowest BCUT2D eigenvalue weighted by Gasteiger charge is -2.31. The van der Waals surface area contributed by atoms with E-state index in [2.05, 4.69) is 83.0 Å². The van der Waals surface area contributed by atoms with Crippen molar-refractivity contribution in [3.05, 3.63) is 46.5 Å². The van der Waals surface area contributed by atoms with E-state index in [9.17, 15) is 0 Å². The van der Waals surface area contributed by atoms with Crippen molar-refractivity contribution in [2.24, 2.45) is 0 Å². The fraction of sp³-hybridized carbons (Fsp3) is 0.429. The maximum Gasteiger partial charge on any atom is 0.138 e. The highest BCUT2D eigenvalue weighted by atomic mass is 79.9. The molecule has 1 heterocycles. The summed E-state index contributed by atoms with van der Waals surface area (Å²) in [6.07, 6.45) is 2.46. The van der Waals surface area contributed by atoms with Gasteiger partial charge in [0, 0.05) is 33.5 Å². The van der Waals surface area contributed by atoms with E-state index in [4.69, 9.17) is 0 Å². The quantitative estimate of drug-likeness (QED) is 0.594. The zero-order valence-corrected chi connectivity index (χ0v) is 15.9. The van der Waals surface area contributed by atoms with Crippen molar-refractivity contribution in [1.29, 1.82) is 0 Å². The van der Waals surface area contributed by atoms with Gasteiger partial charge in [-0.3, -0.25) is 4.68 Å². The Morgan fingerprint density at radius 2 is 1.90 bits per heavy atom.